The number of rotatable bonds is 3. The fraction of sp³-hybridized carbons (Fsp3) is 0.917. The number of ether oxygens (including phenoxy) is 1. The van der Waals surface area contributed by atoms with Crippen molar-refractivity contribution in [2.45, 2.75) is 31.7 Å². The fourth-order valence-electron chi connectivity index (χ4n) is 3.34. The Bertz CT molecular complexity index is 260. The van der Waals surface area contributed by atoms with Crippen LogP contribution in [0.25, 0.3) is 0 Å². The van der Waals surface area contributed by atoms with E-state index in [0.29, 0.717) is 18.9 Å². The lowest BCUT2D eigenvalue weighted by molar-refractivity contribution is -0.124. The third kappa shape index (κ3) is 1.83. The summed E-state index contributed by atoms with van der Waals surface area (Å²) in [6.07, 6.45) is 5.00. The molecule has 0 N–H and O–H groups in total. The first-order chi connectivity index (χ1) is 7.33. The Morgan fingerprint density at radius 3 is 2.87 bits per heavy atom. The van der Waals surface area contributed by atoms with Crippen LogP contribution in [0.3, 0.4) is 0 Å². The van der Waals surface area contributed by atoms with E-state index < -0.39 is 0 Å². The number of likely N-dealkylation sites (tertiary alicyclic amines) is 1. The number of carbonyl (C=O) groups is 1. The van der Waals surface area contributed by atoms with Crippen molar-refractivity contribution in [3.8, 4) is 0 Å². The lowest BCUT2D eigenvalue weighted by Crippen LogP contribution is -2.38. The summed E-state index contributed by atoms with van der Waals surface area (Å²) in [4.78, 5) is 14.4. The highest BCUT2D eigenvalue weighted by atomic mass is 16.5. The van der Waals surface area contributed by atoms with Gasteiger partial charge in [0, 0.05) is 25.1 Å². The second kappa shape index (κ2) is 3.87. The predicted octanol–water partition coefficient (Wildman–Crippen LogP) is 1.08. The maximum Gasteiger partial charge on any atom is 0.152 e. The molecular formula is C12H19NO2. The molecular weight excluding hydrogens is 190 g/mol. The molecule has 3 unspecified atom stereocenters. The van der Waals surface area contributed by atoms with Crippen LogP contribution in [-0.2, 0) is 9.53 Å². The first kappa shape index (κ1) is 9.79. The summed E-state index contributed by atoms with van der Waals surface area (Å²) in [5, 5.41) is 0. The Morgan fingerprint density at radius 2 is 2.27 bits per heavy atom. The predicted molar refractivity (Wildman–Crippen MR) is 56.6 cm³/mol. The average molecular weight is 209 g/mol. The minimum atomic E-state index is 0.198. The van der Waals surface area contributed by atoms with Gasteiger partial charge in [-0.25, -0.2) is 0 Å². The summed E-state index contributed by atoms with van der Waals surface area (Å²) in [6.45, 7) is 3.31. The number of nitrogens with zero attached hydrogens (tertiary/aromatic N) is 1. The molecule has 0 aromatic heterocycles. The van der Waals surface area contributed by atoms with Gasteiger partial charge in [-0.2, -0.15) is 0 Å². The molecule has 1 saturated carbocycles. The van der Waals surface area contributed by atoms with E-state index in [1.165, 1.54) is 25.8 Å². The van der Waals surface area contributed by atoms with Gasteiger partial charge in [0.05, 0.1) is 13.2 Å². The molecule has 0 radical (unpaired) electrons. The normalized spacial score (nSPS) is 40.1. The summed E-state index contributed by atoms with van der Waals surface area (Å²) < 4.78 is 5.27. The molecule has 2 saturated heterocycles. The molecule has 3 fully saturated rings. The van der Waals surface area contributed by atoms with Crippen molar-refractivity contribution < 1.29 is 9.53 Å². The molecule has 3 aliphatic rings. The first-order valence-electron chi connectivity index (χ1n) is 6.17. The highest BCUT2D eigenvalue weighted by molar-refractivity contribution is 5.83. The third-order valence-corrected chi connectivity index (χ3v) is 4.27. The van der Waals surface area contributed by atoms with Crippen molar-refractivity contribution in [2.24, 2.45) is 11.8 Å². The summed E-state index contributed by atoms with van der Waals surface area (Å²) >= 11 is 0. The van der Waals surface area contributed by atoms with Gasteiger partial charge in [-0.05, 0) is 31.6 Å². The molecule has 3 atom stereocenters. The number of hydrogen-bond donors (Lipinski definition) is 0. The minimum absolute atomic E-state index is 0.198. The quantitative estimate of drug-likeness (QED) is 0.696. The topological polar surface area (TPSA) is 29.5 Å². The molecule has 3 rings (SSSR count). The zero-order valence-corrected chi connectivity index (χ0v) is 9.15. The number of ketones is 1. The van der Waals surface area contributed by atoms with Crippen LogP contribution < -0.4 is 0 Å². The maximum atomic E-state index is 12.0. The van der Waals surface area contributed by atoms with E-state index >= 15 is 0 Å². The summed E-state index contributed by atoms with van der Waals surface area (Å²) in [5.41, 5.74) is 0. The molecule has 84 valence electrons. The van der Waals surface area contributed by atoms with E-state index in [0.717, 1.165) is 25.0 Å². The van der Waals surface area contributed by atoms with Gasteiger partial charge in [-0.1, -0.05) is 0 Å². The Hall–Kier alpha value is -0.410. The summed E-state index contributed by atoms with van der Waals surface area (Å²) in [6, 6.07) is 0.723. The molecule has 0 aromatic rings. The summed E-state index contributed by atoms with van der Waals surface area (Å²) in [7, 11) is 0. The van der Waals surface area contributed by atoms with Crippen LogP contribution in [0.15, 0.2) is 0 Å². The number of carbonyl (C=O) groups excluding carboxylic acids is 1. The second-order valence-corrected chi connectivity index (χ2v) is 5.29. The Labute approximate surface area is 90.8 Å². The molecule has 1 aliphatic carbocycles. The molecule has 0 spiro atoms. The van der Waals surface area contributed by atoms with Gasteiger partial charge in [-0.15, -0.1) is 0 Å². The number of piperidine rings is 1. The second-order valence-electron chi connectivity index (χ2n) is 5.29. The van der Waals surface area contributed by atoms with Gasteiger partial charge in [-0.3, -0.25) is 9.69 Å². The molecule has 2 heterocycles. The van der Waals surface area contributed by atoms with Crippen LogP contribution >= 0.6 is 0 Å². The minimum Gasteiger partial charge on any atom is -0.381 e. The van der Waals surface area contributed by atoms with E-state index in [1.54, 1.807) is 0 Å². The van der Waals surface area contributed by atoms with Gasteiger partial charge < -0.3 is 4.74 Å². The highest BCUT2D eigenvalue weighted by Gasteiger charge is 2.39. The maximum absolute atomic E-state index is 12.0. The number of hydrogen-bond acceptors (Lipinski definition) is 3. The number of Topliss-reactive ketones (excluding diaryl/α,β-unsaturated/α-hetero) is 1. The SMILES string of the molecule is O=C(CN1CC2CCC1C2)C1CCOC1. The molecule has 0 amide bonds. The molecule has 3 nitrogen and oxygen atoms in total. The molecule has 0 aromatic carbocycles. The first-order valence-corrected chi connectivity index (χ1v) is 6.17. The van der Waals surface area contributed by atoms with E-state index in [-0.39, 0.29) is 5.92 Å². The van der Waals surface area contributed by atoms with Crippen molar-refractivity contribution in [3.05, 3.63) is 0 Å². The van der Waals surface area contributed by atoms with Crippen LogP contribution in [0.1, 0.15) is 25.7 Å². The van der Waals surface area contributed by atoms with Crippen molar-refractivity contribution in [1.82, 2.24) is 4.90 Å². The van der Waals surface area contributed by atoms with Crippen LogP contribution in [0.4, 0.5) is 0 Å². The lowest BCUT2D eigenvalue weighted by atomic mass is 10.0. The van der Waals surface area contributed by atoms with Crippen molar-refractivity contribution in [3.63, 3.8) is 0 Å². The Morgan fingerprint density at radius 1 is 1.33 bits per heavy atom. The van der Waals surface area contributed by atoms with Crippen LogP contribution in [-0.4, -0.2) is 43.0 Å². The third-order valence-electron chi connectivity index (χ3n) is 4.27. The molecule has 2 bridgehead atoms. The molecule has 15 heavy (non-hydrogen) atoms. The highest BCUT2D eigenvalue weighted by Crippen LogP contribution is 2.37. The van der Waals surface area contributed by atoms with E-state index in [9.17, 15) is 4.79 Å². The Balaban J connectivity index is 1.54. The van der Waals surface area contributed by atoms with Crippen molar-refractivity contribution in [2.75, 3.05) is 26.3 Å². The monoisotopic (exact) mass is 209 g/mol. The van der Waals surface area contributed by atoms with Gasteiger partial charge >= 0.3 is 0 Å². The number of fused-ring (bicyclic) bond motifs is 2. The van der Waals surface area contributed by atoms with Crippen LogP contribution in [0.2, 0.25) is 0 Å². The lowest BCUT2D eigenvalue weighted by Gasteiger charge is -2.26. The smallest absolute Gasteiger partial charge is 0.152 e. The zero-order chi connectivity index (χ0) is 10.3. The summed E-state index contributed by atoms with van der Waals surface area (Å²) in [5.74, 6) is 1.51. The van der Waals surface area contributed by atoms with E-state index in [1.807, 2.05) is 0 Å². The van der Waals surface area contributed by atoms with Crippen molar-refractivity contribution >= 4 is 5.78 Å². The average Bonchev–Trinajstić information content (AvgIpc) is 2.95. The van der Waals surface area contributed by atoms with Gasteiger partial charge in [0.25, 0.3) is 0 Å². The van der Waals surface area contributed by atoms with Gasteiger partial charge in [0.15, 0.2) is 5.78 Å². The standard InChI is InChI=1S/C12H19NO2/c14-12(10-3-4-15-8-10)7-13-6-9-1-2-11(13)5-9/h9-11H,1-8H2. The molecule has 2 aliphatic heterocycles. The van der Waals surface area contributed by atoms with Crippen LogP contribution in [0.5, 0.6) is 0 Å². The van der Waals surface area contributed by atoms with Crippen LogP contribution in [0, 0.1) is 11.8 Å². The zero-order valence-electron chi connectivity index (χ0n) is 9.15. The van der Waals surface area contributed by atoms with Crippen molar-refractivity contribution in [1.29, 1.82) is 0 Å². The van der Waals surface area contributed by atoms with Gasteiger partial charge in [0.1, 0.15) is 0 Å². The van der Waals surface area contributed by atoms with E-state index in [4.69, 9.17) is 4.74 Å². The van der Waals surface area contributed by atoms with E-state index in [2.05, 4.69) is 4.90 Å². The molecule has 3 heteroatoms. The van der Waals surface area contributed by atoms with Gasteiger partial charge in [0.2, 0.25) is 0 Å². The Kier molecular flexibility index (Phi) is 2.53. The largest absolute Gasteiger partial charge is 0.381 e. The fourth-order valence-corrected chi connectivity index (χ4v) is 3.34.